The van der Waals surface area contributed by atoms with Crippen LogP contribution in [0.3, 0.4) is 0 Å². The zero-order valence-electron chi connectivity index (χ0n) is 8.87. The molecule has 0 spiro atoms. The molecule has 0 amide bonds. The van der Waals surface area contributed by atoms with Crippen LogP contribution in [0.4, 0.5) is 0 Å². The minimum absolute atomic E-state index is 0.0134. The van der Waals surface area contributed by atoms with Gasteiger partial charge in [-0.15, -0.1) is 0 Å². The molecule has 0 unspecified atom stereocenters. The minimum atomic E-state index is 0.0134. The molecule has 4 nitrogen and oxygen atoms in total. The summed E-state index contributed by atoms with van der Waals surface area (Å²) in [7, 11) is 0. The number of hydrogen-bond donors (Lipinski definition) is 1. The molecule has 0 saturated heterocycles. The number of rotatable bonds is 3. The summed E-state index contributed by atoms with van der Waals surface area (Å²) >= 11 is 1.43. The summed E-state index contributed by atoms with van der Waals surface area (Å²) in [5, 5.41) is 1.57. The van der Waals surface area contributed by atoms with Crippen LogP contribution in [-0.4, -0.2) is 15.0 Å². The fraction of sp³-hybridized carbons (Fsp3) is 0.182. The second-order valence-corrected chi connectivity index (χ2v) is 4.34. The quantitative estimate of drug-likeness (QED) is 0.820. The molecule has 2 aromatic heterocycles. The summed E-state index contributed by atoms with van der Waals surface area (Å²) in [6.07, 6.45) is 5.22. The Morgan fingerprint density at radius 2 is 1.94 bits per heavy atom. The summed E-state index contributed by atoms with van der Waals surface area (Å²) in [5.74, 6) is 0. The molecule has 5 heteroatoms. The highest BCUT2D eigenvalue weighted by Crippen LogP contribution is 2.22. The normalized spacial score (nSPS) is 12.4. The molecule has 0 bridgehead atoms. The summed E-state index contributed by atoms with van der Waals surface area (Å²) in [5.41, 5.74) is 6.77. The lowest BCUT2D eigenvalue weighted by Gasteiger charge is -2.05. The third kappa shape index (κ3) is 2.77. The van der Waals surface area contributed by atoms with Crippen molar-refractivity contribution in [2.24, 2.45) is 5.73 Å². The number of nitrogens with two attached hydrogens (primary N) is 1. The van der Waals surface area contributed by atoms with Crippen molar-refractivity contribution in [3.63, 3.8) is 0 Å². The maximum atomic E-state index is 5.74. The first-order valence-electron chi connectivity index (χ1n) is 4.92. The van der Waals surface area contributed by atoms with Gasteiger partial charge in [0.25, 0.3) is 0 Å². The van der Waals surface area contributed by atoms with Crippen LogP contribution in [0, 0.1) is 0 Å². The van der Waals surface area contributed by atoms with Gasteiger partial charge in [0, 0.05) is 24.6 Å². The monoisotopic (exact) mass is 232 g/mol. The zero-order valence-corrected chi connectivity index (χ0v) is 9.69. The van der Waals surface area contributed by atoms with E-state index in [9.17, 15) is 0 Å². The van der Waals surface area contributed by atoms with Crippen molar-refractivity contribution in [3.8, 4) is 0 Å². The Hall–Kier alpha value is -1.46. The molecule has 1 atom stereocenters. The van der Waals surface area contributed by atoms with Crippen molar-refractivity contribution < 1.29 is 0 Å². The first kappa shape index (κ1) is 11.0. The Kier molecular flexibility index (Phi) is 3.48. The van der Waals surface area contributed by atoms with E-state index >= 15 is 0 Å². The largest absolute Gasteiger partial charge is 0.324 e. The predicted octanol–water partition coefficient (Wildman–Crippen LogP) is 2.04. The topological polar surface area (TPSA) is 64.7 Å². The van der Waals surface area contributed by atoms with E-state index in [0.29, 0.717) is 5.16 Å². The Balaban J connectivity index is 2.11. The molecule has 0 radical (unpaired) electrons. The van der Waals surface area contributed by atoms with Gasteiger partial charge < -0.3 is 5.73 Å². The van der Waals surface area contributed by atoms with Gasteiger partial charge in [-0.05, 0) is 36.4 Å². The van der Waals surface area contributed by atoms with Crippen LogP contribution in [0.5, 0.6) is 0 Å². The van der Waals surface area contributed by atoms with Crippen molar-refractivity contribution >= 4 is 11.8 Å². The lowest BCUT2D eigenvalue weighted by molar-refractivity contribution is 0.806. The van der Waals surface area contributed by atoms with Gasteiger partial charge in [-0.25, -0.2) is 15.0 Å². The third-order valence-electron chi connectivity index (χ3n) is 2.02. The van der Waals surface area contributed by atoms with Gasteiger partial charge in [-0.3, -0.25) is 0 Å². The average molecular weight is 232 g/mol. The molecule has 16 heavy (non-hydrogen) atoms. The standard InChI is InChI=1S/C11H12N4S/c1-8(12)9-3-4-10(15-7-9)16-11-13-5-2-6-14-11/h2-8H,12H2,1H3/t8-/m0/s1. The van der Waals surface area contributed by atoms with E-state index < -0.39 is 0 Å². The second kappa shape index (κ2) is 5.05. The second-order valence-electron chi connectivity index (χ2n) is 3.35. The van der Waals surface area contributed by atoms with E-state index in [1.807, 2.05) is 19.1 Å². The first-order valence-corrected chi connectivity index (χ1v) is 5.74. The van der Waals surface area contributed by atoms with E-state index in [2.05, 4.69) is 15.0 Å². The van der Waals surface area contributed by atoms with Gasteiger partial charge in [0.2, 0.25) is 0 Å². The molecule has 0 fully saturated rings. The van der Waals surface area contributed by atoms with Crippen molar-refractivity contribution in [2.45, 2.75) is 23.1 Å². The van der Waals surface area contributed by atoms with Crippen LogP contribution in [0.2, 0.25) is 0 Å². The highest BCUT2D eigenvalue weighted by atomic mass is 32.2. The molecule has 0 saturated carbocycles. The number of pyridine rings is 1. The molecule has 2 N–H and O–H groups in total. The third-order valence-corrected chi connectivity index (χ3v) is 2.87. The molecular formula is C11H12N4S. The van der Waals surface area contributed by atoms with Gasteiger partial charge in [-0.2, -0.15) is 0 Å². The van der Waals surface area contributed by atoms with Crippen molar-refractivity contribution in [1.29, 1.82) is 0 Å². The van der Waals surface area contributed by atoms with Gasteiger partial charge in [0.15, 0.2) is 5.16 Å². The fourth-order valence-corrected chi connectivity index (χ4v) is 1.81. The number of nitrogens with zero attached hydrogens (tertiary/aromatic N) is 3. The van der Waals surface area contributed by atoms with Gasteiger partial charge in [-0.1, -0.05) is 6.07 Å². The molecule has 2 heterocycles. The van der Waals surface area contributed by atoms with Crippen molar-refractivity contribution in [3.05, 3.63) is 42.4 Å². The predicted molar refractivity (Wildman–Crippen MR) is 63.0 cm³/mol. The summed E-state index contributed by atoms with van der Waals surface area (Å²) < 4.78 is 0. The molecular weight excluding hydrogens is 220 g/mol. The average Bonchev–Trinajstić information content (AvgIpc) is 2.31. The Labute approximate surface area is 98.3 Å². The van der Waals surface area contributed by atoms with Gasteiger partial charge >= 0.3 is 0 Å². The summed E-state index contributed by atoms with van der Waals surface area (Å²) in [4.78, 5) is 12.5. The van der Waals surface area contributed by atoms with Crippen LogP contribution in [-0.2, 0) is 0 Å². The van der Waals surface area contributed by atoms with Crippen LogP contribution < -0.4 is 5.73 Å². The van der Waals surface area contributed by atoms with Gasteiger partial charge in [0.05, 0.1) is 0 Å². The lowest BCUT2D eigenvalue weighted by atomic mass is 10.2. The van der Waals surface area contributed by atoms with E-state index in [1.54, 1.807) is 24.7 Å². The molecule has 2 rings (SSSR count). The summed E-state index contributed by atoms with van der Waals surface area (Å²) in [6, 6.07) is 5.71. The SMILES string of the molecule is C[C@H](N)c1ccc(Sc2ncccn2)nc1. The van der Waals surface area contributed by atoms with Gasteiger partial charge in [0.1, 0.15) is 5.03 Å². The fourth-order valence-electron chi connectivity index (χ4n) is 1.15. The zero-order chi connectivity index (χ0) is 11.4. The van der Waals surface area contributed by atoms with E-state index in [4.69, 9.17) is 5.73 Å². The minimum Gasteiger partial charge on any atom is -0.324 e. The maximum Gasteiger partial charge on any atom is 0.193 e. The van der Waals surface area contributed by atoms with Crippen LogP contribution in [0.1, 0.15) is 18.5 Å². The van der Waals surface area contributed by atoms with Crippen molar-refractivity contribution in [1.82, 2.24) is 15.0 Å². The van der Waals surface area contributed by atoms with Crippen LogP contribution in [0.25, 0.3) is 0 Å². The Morgan fingerprint density at radius 3 is 2.50 bits per heavy atom. The highest BCUT2D eigenvalue weighted by molar-refractivity contribution is 7.99. The molecule has 0 aliphatic heterocycles. The smallest absolute Gasteiger partial charge is 0.193 e. The van der Waals surface area contributed by atoms with Crippen molar-refractivity contribution in [2.75, 3.05) is 0 Å². The highest BCUT2D eigenvalue weighted by Gasteiger charge is 2.03. The number of hydrogen-bond acceptors (Lipinski definition) is 5. The Bertz CT molecular complexity index is 441. The van der Waals surface area contributed by atoms with Crippen LogP contribution >= 0.6 is 11.8 Å². The molecule has 82 valence electrons. The maximum absolute atomic E-state index is 5.74. The van der Waals surface area contributed by atoms with E-state index in [-0.39, 0.29) is 6.04 Å². The summed E-state index contributed by atoms with van der Waals surface area (Å²) in [6.45, 7) is 1.93. The first-order chi connectivity index (χ1) is 7.75. The van der Waals surface area contributed by atoms with E-state index in [0.717, 1.165) is 10.6 Å². The Morgan fingerprint density at radius 1 is 1.19 bits per heavy atom. The molecule has 0 aliphatic rings. The molecule has 0 aromatic carbocycles. The van der Waals surface area contributed by atoms with E-state index in [1.165, 1.54) is 11.8 Å². The molecule has 2 aromatic rings. The molecule has 0 aliphatic carbocycles. The van der Waals surface area contributed by atoms with Crippen LogP contribution in [0.15, 0.2) is 47.0 Å². The number of aromatic nitrogens is 3. The lowest BCUT2D eigenvalue weighted by Crippen LogP contribution is -2.05.